The molecular weight excluding hydrogens is 478 g/mol. The molecule has 1 saturated carbocycles. The molecule has 2 aliphatic heterocycles. The number of pyridine rings is 1. The van der Waals surface area contributed by atoms with E-state index in [0.717, 1.165) is 50.8 Å². The van der Waals surface area contributed by atoms with Crippen LogP contribution in [0.2, 0.25) is 0 Å². The number of aryl methyl sites for hydroxylation is 1. The van der Waals surface area contributed by atoms with Crippen molar-refractivity contribution in [3.05, 3.63) is 44.9 Å². The molecule has 10 nitrogen and oxygen atoms in total. The van der Waals surface area contributed by atoms with Gasteiger partial charge in [0.25, 0.3) is 17.4 Å². The molecule has 1 aliphatic carbocycles. The summed E-state index contributed by atoms with van der Waals surface area (Å²) in [5, 5.41) is 7.02. The number of carbonyl (C=O) groups excluding carboxylic acids is 2. The van der Waals surface area contributed by atoms with Crippen molar-refractivity contribution < 1.29 is 9.59 Å². The summed E-state index contributed by atoms with van der Waals surface area (Å²) >= 11 is 1.34. The van der Waals surface area contributed by atoms with Crippen molar-refractivity contribution in [2.45, 2.75) is 44.7 Å². The molecule has 1 saturated heterocycles. The molecule has 2 fully saturated rings. The Balaban J connectivity index is 1.36. The first-order valence-corrected chi connectivity index (χ1v) is 13.3. The van der Waals surface area contributed by atoms with E-state index < -0.39 is 5.66 Å². The topological polar surface area (TPSA) is 112 Å². The van der Waals surface area contributed by atoms with Crippen molar-refractivity contribution in [2.75, 3.05) is 38.5 Å². The maximum Gasteiger partial charge on any atom is 0.276 e. The van der Waals surface area contributed by atoms with Crippen LogP contribution in [0.5, 0.6) is 0 Å². The summed E-state index contributed by atoms with van der Waals surface area (Å²) < 4.78 is 1.67. The van der Waals surface area contributed by atoms with Crippen LogP contribution in [0.15, 0.2) is 23.3 Å². The average molecular weight is 508 g/mol. The van der Waals surface area contributed by atoms with Crippen LogP contribution in [0.3, 0.4) is 0 Å². The molecule has 3 aromatic rings. The van der Waals surface area contributed by atoms with E-state index in [2.05, 4.69) is 32.5 Å². The van der Waals surface area contributed by atoms with Crippen molar-refractivity contribution >= 4 is 44.9 Å². The van der Waals surface area contributed by atoms with Crippen LogP contribution < -0.4 is 16.2 Å². The number of nitrogens with one attached hydrogen (secondary N) is 2. The molecule has 11 heteroatoms. The Labute approximate surface area is 212 Å². The van der Waals surface area contributed by atoms with Gasteiger partial charge in [-0.1, -0.05) is 6.42 Å². The minimum atomic E-state index is -0.657. The number of piperazine rings is 1. The standard InChI is InChI=1S/C25H29N7O3S/c1-15-12-17(23(34)32-19(15)21(33)29-25(32)6-4-3-5-7-25)28-20-16-13-18(36-22(16)27-14-26-20)24(35)31-10-8-30(2)9-11-31/h12-14H,3-11H2,1-2H3,(H,29,33)(H,26,27,28). The molecule has 0 aromatic carbocycles. The highest BCUT2D eigenvalue weighted by molar-refractivity contribution is 7.20. The Hall–Kier alpha value is -3.31. The zero-order valence-corrected chi connectivity index (χ0v) is 21.3. The lowest BCUT2D eigenvalue weighted by Crippen LogP contribution is -2.48. The molecule has 0 atom stereocenters. The molecule has 1 spiro atoms. The molecule has 0 unspecified atom stereocenters. The lowest BCUT2D eigenvalue weighted by Gasteiger charge is -2.35. The van der Waals surface area contributed by atoms with Gasteiger partial charge in [0, 0.05) is 26.2 Å². The summed E-state index contributed by atoms with van der Waals surface area (Å²) in [5.41, 5.74) is 0.632. The lowest BCUT2D eigenvalue weighted by molar-refractivity contribution is 0.0668. The summed E-state index contributed by atoms with van der Waals surface area (Å²) in [5.74, 6) is 0.280. The summed E-state index contributed by atoms with van der Waals surface area (Å²) in [6.45, 7) is 4.94. The third-order valence-corrected chi connectivity index (χ3v) is 8.68. The van der Waals surface area contributed by atoms with Crippen LogP contribution in [0.25, 0.3) is 10.2 Å². The van der Waals surface area contributed by atoms with Crippen molar-refractivity contribution in [1.82, 2.24) is 29.7 Å². The van der Waals surface area contributed by atoms with Crippen molar-refractivity contribution in [3.8, 4) is 0 Å². The minimum absolute atomic E-state index is 0.00526. The molecule has 3 aliphatic rings. The quantitative estimate of drug-likeness (QED) is 0.560. The normalized spacial score (nSPS) is 19.5. The Morgan fingerprint density at radius 2 is 1.83 bits per heavy atom. The van der Waals surface area contributed by atoms with E-state index in [1.807, 2.05) is 17.9 Å². The van der Waals surface area contributed by atoms with Crippen LogP contribution in [0, 0.1) is 6.92 Å². The molecule has 6 rings (SSSR count). The number of rotatable bonds is 3. The maximum absolute atomic E-state index is 13.7. The van der Waals surface area contributed by atoms with Crippen molar-refractivity contribution in [1.29, 1.82) is 0 Å². The van der Waals surface area contributed by atoms with Crippen LogP contribution in [0.1, 0.15) is 57.8 Å². The summed E-state index contributed by atoms with van der Waals surface area (Å²) in [7, 11) is 2.06. The third-order valence-electron chi connectivity index (χ3n) is 7.65. The first-order valence-electron chi connectivity index (χ1n) is 12.5. The monoisotopic (exact) mass is 507 g/mol. The van der Waals surface area contributed by atoms with E-state index in [4.69, 9.17) is 0 Å². The second-order valence-electron chi connectivity index (χ2n) is 10.0. The number of nitrogens with zero attached hydrogens (tertiary/aromatic N) is 5. The average Bonchev–Trinajstić information content (AvgIpc) is 3.43. The summed E-state index contributed by atoms with van der Waals surface area (Å²) in [4.78, 5) is 53.8. The van der Waals surface area contributed by atoms with E-state index in [1.165, 1.54) is 17.7 Å². The van der Waals surface area contributed by atoms with E-state index in [0.29, 0.717) is 45.4 Å². The fraction of sp³-hybridized carbons (Fsp3) is 0.480. The minimum Gasteiger partial charge on any atom is -0.335 e. The van der Waals surface area contributed by atoms with Crippen LogP contribution in [-0.2, 0) is 5.66 Å². The molecule has 0 bridgehead atoms. The number of hydrogen-bond acceptors (Lipinski definition) is 8. The van der Waals surface area contributed by atoms with Gasteiger partial charge in [-0.2, -0.15) is 0 Å². The van der Waals surface area contributed by atoms with Gasteiger partial charge in [0.15, 0.2) is 0 Å². The van der Waals surface area contributed by atoms with E-state index in [1.54, 1.807) is 10.6 Å². The molecule has 2 N–H and O–H groups in total. The number of aromatic nitrogens is 3. The fourth-order valence-corrected chi connectivity index (χ4v) is 6.66. The lowest BCUT2D eigenvalue weighted by atomic mass is 9.89. The molecule has 5 heterocycles. The Morgan fingerprint density at radius 1 is 1.08 bits per heavy atom. The highest BCUT2D eigenvalue weighted by Crippen LogP contribution is 2.38. The first-order chi connectivity index (χ1) is 17.4. The Kier molecular flexibility index (Phi) is 5.56. The molecule has 188 valence electrons. The molecule has 2 amide bonds. The summed E-state index contributed by atoms with van der Waals surface area (Å²) in [6, 6.07) is 3.53. The van der Waals surface area contributed by atoms with Gasteiger partial charge in [-0.25, -0.2) is 9.97 Å². The number of anilines is 2. The SMILES string of the molecule is Cc1cc(Nc2ncnc3sc(C(=O)N4CCN(C)CC4)cc23)c(=O)n2c1C(=O)NC21CCCCC1. The number of carbonyl (C=O) groups is 2. The Morgan fingerprint density at radius 3 is 2.58 bits per heavy atom. The smallest absolute Gasteiger partial charge is 0.276 e. The second-order valence-corrected chi connectivity index (χ2v) is 11.1. The highest BCUT2D eigenvalue weighted by Gasteiger charge is 2.45. The van der Waals surface area contributed by atoms with E-state index in [9.17, 15) is 14.4 Å². The number of thiophene rings is 1. The van der Waals surface area contributed by atoms with Crippen LogP contribution in [0.4, 0.5) is 11.5 Å². The van der Waals surface area contributed by atoms with Crippen molar-refractivity contribution in [2.24, 2.45) is 0 Å². The van der Waals surface area contributed by atoms with Gasteiger partial charge in [0.2, 0.25) is 0 Å². The van der Waals surface area contributed by atoms with Gasteiger partial charge < -0.3 is 20.4 Å². The fourth-order valence-electron chi connectivity index (χ4n) is 5.69. The predicted octanol–water partition coefficient (Wildman–Crippen LogP) is 2.65. The largest absolute Gasteiger partial charge is 0.335 e. The molecule has 36 heavy (non-hydrogen) atoms. The van der Waals surface area contributed by atoms with E-state index >= 15 is 0 Å². The van der Waals surface area contributed by atoms with Gasteiger partial charge in [-0.05, 0) is 57.4 Å². The summed E-state index contributed by atoms with van der Waals surface area (Å²) in [6.07, 6.45) is 5.97. The molecular formula is C25H29N7O3S. The van der Waals surface area contributed by atoms with Gasteiger partial charge in [-0.15, -0.1) is 11.3 Å². The van der Waals surface area contributed by atoms with Crippen molar-refractivity contribution in [3.63, 3.8) is 0 Å². The number of amides is 2. The number of fused-ring (bicyclic) bond motifs is 3. The molecule has 3 aromatic heterocycles. The van der Waals surface area contributed by atoms with Gasteiger partial charge in [0.1, 0.15) is 34.0 Å². The van der Waals surface area contributed by atoms with Gasteiger partial charge >= 0.3 is 0 Å². The Bertz CT molecular complexity index is 1430. The zero-order chi connectivity index (χ0) is 25.0. The van der Waals surface area contributed by atoms with Crippen LogP contribution >= 0.6 is 11.3 Å². The number of hydrogen-bond donors (Lipinski definition) is 2. The molecule has 0 radical (unpaired) electrons. The first kappa shape index (κ1) is 23.1. The van der Waals surface area contributed by atoms with Gasteiger partial charge in [-0.3, -0.25) is 19.0 Å². The van der Waals surface area contributed by atoms with E-state index in [-0.39, 0.29) is 17.4 Å². The van der Waals surface area contributed by atoms with Gasteiger partial charge in [0.05, 0.1) is 10.3 Å². The maximum atomic E-state index is 13.7. The highest BCUT2D eigenvalue weighted by atomic mass is 32.1. The van der Waals surface area contributed by atoms with Crippen LogP contribution in [-0.4, -0.2) is 69.4 Å². The number of likely N-dealkylation sites (N-methyl/N-ethyl adjacent to an activating group) is 1. The zero-order valence-electron chi connectivity index (χ0n) is 20.5. The predicted molar refractivity (Wildman–Crippen MR) is 138 cm³/mol. The second kappa shape index (κ2) is 8.67. The third kappa shape index (κ3) is 3.68.